The highest BCUT2D eigenvalue weighted by Gasteiger charge is 2.21. The fourth-order valence-electron chi connectivity index (χ4n) is 3.57. The molecular formula is C27H25ClN2O5. The van der Waals surface area contributed by atoms with E-state index in [2.05, 4.69) is 10.6 Å². The molecule has 0 fully saturated rings. The van der Waals surface area contributed by atoms with Gasteiger partial charge in [0.1, 0.15) is 23.9 Å². The molecule has 2 N–H and O–H groups in total. The van der Waals surface area contributed by atoms with Gasteiger partial charge < -0.3 is 24.8 Å². The van der Waals surface area contributed by atoms with Gasteiger partial charge in [-0.1, -0.05) is 29.8 Å². The van der Waals surface area contributed by atoms with Gasteiger partial charge in [0.2, 0.25) is 0 Å². The smallest absolute Gasteiger partial charge is 0.255 e. The Labute approximate surface area is 208 Å². The van der Waals surface area contributed by atoms with Gasteiger partial charge >= 0.3 is 0 Å². The molecule has 0 radical (unpaired) electrons. The highest BCUT2D eigenvalue weighted by molar-refractivity contribution is 6.30. The maximum absolute atomic E-state index is 13.1. The maximum atomic E-state index is 13.1. The number of rotatable bonds is 8. The van der Waals surface area contributed by atoms with Crippen molar-refractivity contribution in [1.29, 1.82) is 0 Å². The van der Waals surface area contributed by atoms with Crippen molar-refractivity contribution in [2.24, 2.45) is 0 Å². The second-order valence-electron chi connectivity index (χ2n) is 7.63. The molecule has 0 saturated heterocycles. The average molecular weight is 493 g/mol. The summed E-state index contributed by atoms with van der Waals surface area (Å²) in [6, 6.07) is 17.4. The van der Waals surface area contributed by atoms with E-state index in [1.165, 1.54) is 0 Å². The van der Waals surface area contributed by atoms with Gasteiger partial charge in [-0.3, -0.25) is 9.59 Å². The minimum absolute atomic E-state index is 0.119. The van der Waals surface area contributed by atoms with E-state index in [1.54, 1.807) is 60.7 Å². The third-order valence-electron chi connectivity index (χ3n) is 5.19. The molecule has 0 unspecified atom stereocenters. The molecule has 0 aliphatic carbocycles. The van der Waals surface area contributed by atoms with Gasteiger partial charge in [-0.2, -0.15) is 0 Å². The van der Waals surface area contributed by atoms with Crippen LogP contribution < -0.4 is 24.8 Å². The Kier molecular flexibility index (Phi) is 7.57. The van der Waals surface area contributed by atoms with Crippen molar-refractivity contribution in [3.63, 3.8) is 0 Å². The molecule has 1 aliphatic rings. The molecule has 0 aromatic heterocycles. The second-order valence-corrected chi connectivity index (χ2v) is 8.06. The van der Waals surface area contributed by atoms with Crippen molar-refractivity contribution in [2.45, 2.75) is 13.8 Å². The lowest BCUT2D eigenvalue weighted by Gasteiger charge is -2.20. The summed E-state index contributed by atoms with van der Waals surface area (Å²) in [4.78, 5) is 25.8. The summed E-state index contributed by atoms with van der Waals surface area (Å²) in [5.41, 5.74) is 2.52. The predicted molar refractivity (Wildman–Crippen MR) is 137 cm³/mol. The lowest BCUT2D eigenvalue weighted by atomic mass is 10.1. The zero-order valence-corrected chi connectivity index (χ0v) is 20.1. The first kappa shape index (κ1) is 24.2. The molecule has 0 bridgehead atoms. The molecule has 7 nitrogen and oxygen atoms in total. The number of hydrogen-bond donors (Lipinski definition) is 2. The molecule has 0 saturated carbocycles. The quantitative estimate of drug-likeness (QED) is 0.415. The summed E-state index contributed by atoms with van der Waals surface area (Å²) < 4.78 is 17.2. The van der Waals surface area contributed by atoms with Crippen LogP contribution in [0.4, 0.5) is 11.4 Å². The van der Waals surface area contributed by atoms with Gasteiger partial charge in [0.15, 0.2) is 0 Å². The first-order valence-corrected chi connectivity index (χ1v) is 11.6. The summed E-state index contributed by atoms with van der Waals surface area (Å²) in [5, 5.41) is 6.31. The number of anilines is 2. The Bertz CT molecular complexity index is 1270. The monoisotopic (exact) mass is 492 g/mol. The number of halogens is 1. The van der Waals surface area contributed by atoms with E-state index < -0.39 is 0 Å². The van der Waals surface area contributed by atoms with E-state index in [4.69, 9.17) is 25.8 Å². The number of ether oxygens (including phenoxy) is 3. The average Bonchev–Trinajstić information content (AvgIpc) is 2.86. The third kappa shape index (κ3) is 5.75. The minimum Gasteiger partial charge on any atom is -0.492 e. The minimum atomic E-state index is -0.347. The highest BCUT2D eigenvalue weighted by atomic mass is 35.5. The normalized spacial score (nSPS) is 12.0. The lowest BCUT2D eigenvalue weighted by molar-refractivity contribution is -0.113. The van der Waals surface area contributed by atoms with Gasteiger partial charge in [-0.15, -0.1) is 0 Å². The number of amides is 2. The number of fused-ring (bicyclic) bond motifs is 1. The third-order valence-corrected chi connectivity index (χ3v) is 5.43. The molecule has 1 heterocycles. The zero-order valence-electron chi connectivity index (χ0n) is 19.4. The van der Waals surface area contributed by atoms with Crippen LogP contribution in [0.5, 0.6) is 17.2 Å². The molecular weight excluding hydrogens is 468 g/mol. The van der Waals surface area contributed by atoms with Crippen LogP contribution in [0.2, 0.25) is 5.02 Å². The first-order valence-electron chi connectivity index (χ1n) is 11.2. The Balaban J connectivity index is 1.62. The molecule has 3 aromatic rings. The van der Waals surface area contributed by atoms with Crippen molar-refractivity contribution in [3.8, 4) is 17.2 Å². The van der Waals surface area contributed by atoms with Crippen LogP contribution >= 0.6 is 11.6 Å². The molecule has 0 atom stereocenters. The van der Waals surface area contributed by atoms with E-state index in [-0.39, 0.29) is 18.4 Å². The fraction of sp³-hybridized carbons (Fsp3) is 0.185. The van der Waals surface area contributed by atoms with Crippen LogP contribution in [0.25, 0.3) is 6.08 Å². The largest absolute Gasteiger partial charge is 0.492 e. The molecule has 1 aliphatic heterocycles. The zero-order chi connectivity index (χ0) is 24.8. The summed E-state index contributed by atoms with van der Waals surface area (Å²) >= 11 is 6.08. The van der Waals surface area contributed by atoms with Crippen molar-refractivity contribution in [1.82, 2.24) is 0 Å². The summed E-state index contributed by atoms with van der Waals surface area (Å²) in [7, 11) is 0. The molecule has 4 rings (SSSR count). The number of benzene rings is 3. The predicted octanol–water partition coefficient (Wildman–Crippen LogP) is 5.80. The van der Waals surface area contributed by atoms with Crippen LogP contribution in [0.1, 0.15) is 29.8 Å². The summed E-state index contributed by atoms with van der Waals surface area (Å²) in [6.45, 7) is 4.52. The van der Waals surface area contributed by atoms with Crippen LogP contribution in [0.3, 0.4) is 0 Å². The van der Waals surface area contributed by atoms with Crippen molar-refractivity contribution in [2.75, 3.05) is 30.5 Å². The molecule has 0 spiro atoms. The SMILES string of the molecule is CCOc1cc(NC(=O)c2ccccc2)c(OCC)cc1NC(=O)C1=Cc2cc(Cl)ccc2OC1. The Morgan fingerprint density at radius 2 is 1.51 bits per heavy atom. The highest BCUT2D eigenvalue weighted by Crippen LogP contribution is 2.38. The van der Waals surface area contributed by atoms with E-state index in [0.717, 1.165) is 5.56 Å². The van der Waals surface area contributed by atoms with Gasteiger partial charge in [0, 0.05) is 28.3 Å². The Morgan fingerprint density at radius 3 is 2.14 bits per heavy atom. The standard InChI is InChI=1S/C27H25ClN2O5/c1-3-33-24-15-22(30-27(32)19-12-18-13-20(28)10-11-23(18)35-16-19)25(34-4-2)14-21(24)29-26(31)17-8-6-5-7-9-17/h5-15H,3-4,16H2,1-2H3,(H,29,31)(H,30,32). The van der Waals surface area contributed by atoms with E-state index in [9.17, 15) is 9.59 Å². The van der Waals surface area contributed by atoms with Gasteiger partial charge in [-0.05, 0) is 50.3 Å². The number of carbonyl (C=O) groups is 2. The van der Waals surface area contributed by atoms with E-state index in [0.29, 0.717) is 58.0 Å². The van der Waals surface area contributed by atoms with Crippen LogP contribution in [-0.2, 0) is 4.79 Å². The molecule has 8 heteroatoms. The van der Waals surface area contributed by atoms with Crippen molar-refractivity contribution in [3.05, 3.63) is 82.4 Å². The summed E-state index contributed by atoms with van der Waals surface area (Å²) in [6.07, 6.45) is 1.75. The Morgan fingerprint density at radius 1 is 0.886 bits per heavy atom. The summed E-state index contributed by atoms with van der Waals surface area (Å²) in [5.74, 6) is 0.834. The fourth-order valence-corrected chi connectivity index (χ4v) is 3.75. The topological polar surface area (TPSA) is 85.9 Å². The van der Waals surface area contributed by atoms with Crippen molar-refractivity contribution >= 4 is 40.9 Å². The van der Waals surface area contributed by atoms with Gasteiger partial charge in [0.05, 0.1) is 30.2 Å². The Hall–Kier alpha value is -3.97. The van der Waals surface area contributed by atoms with E-state index in [1.807, 2.05) is 19.9 Å². The molecule has 180 valence electrons. The van der Waals surface area contributed by atoms with Crippen LogP contribution in [-0.4, -0.2) is 31.6 Å². The van der Waals surface area contributed by atoms with Gasteiger partial charge in [0.25, 0.3) is 11.8 Å². The number of nitrogens with one attached hydrogen (secondary N) is 2. The maximum Gasteiger partial charge on any atom is 0.255 e. The van der Waals surface area contributed by atoms with Crippen LogP contribution in [0, 0.1) is 0 Å². The first-order chi connectivity index (χ1) is 17.0. The number of hydrogen-bond acceptors (Lipinski definition) is 5. The van der Waals surface area contributed by atoms with Crippen LogP contribution in [0.15, 0.2) is 66.2 Å². The molecule has 35 heavy (non-hydrogen) atoms. The van der Waals surface area contributed by atoms with Gasteiger partial charge in [-0.25, -0.2) is 0 Å². The lowest BCUT2D eigenvalue weighted by Crippen LogP contribution is -2.22. The second kappa shape index (κ2) is 11.0. The molecule has 2 amide bonds. The molecule has 3 aromatic carbocycles. The number of carbonyl (C=O) groups excluding carboxylic acids is 2. The van der Waals surface area contributed by atoms with E-state index >= 15 is 0 Å². The van der Waals surface area contributed by atoms with Crippen molar-refractivity contribution < 1.29 is 23.8 Å².